The van der Waals surface area contributed by atoms with Crippen LogP contribution in [0.25, 0.3) is 11.1 Å². The van der Waals surface area contributed by atoms with Gasteiger partial charge in [-0.3, -0.25) is 9.78 Å². The summed E-state index contributed by atoms with van der Waals surface area (Å²) in [6, 6.07) is 7.72. The molecule has 0 aliphatic heterocycles. The molecule has 28 heavy (non-hydrogen) atoms. The molecule has 0 bridgehead atoms. The van der Waals surface area contributed by atoms with Crippen molar-refractivity contribution in [3.05, 3.63) is 70.3 Å². The normalized spacial score (nSPS) is 18.1. The Labute approximate surface area is 164 Å². The second kappa shape index (κ2) is 7.54. The minimum absolute atomic E-state index is 0.0424. The second-order valence-electron chi connectivity index (χ2n) is 7.35. The van der Waals surface area contributed by atoms with Gasteiger partial charge in [0.05, 0.1) is 12.2 Å². The summed E-state index contributed by atoms with van der Waals surface area (Å²) in [6.07, 6.45) is 6.51. The Morgan fingerprint density at radius 3 is 2.75 bits per heavy atom. The van der Waals surface area contributed by atoms with E-state index in [0.717, 1.165) is 23.2 Å². The molecule has 0 saturated heterocycles. The number of hydrogen-bond acceptors (Lipinski definition) is 5. The molecule has 3 heterocycles. The second-order valence-corrected chi connectivity index (χ2v) is 7.35. The van der Waals surface area contributed by atoms with Crippen molar-refractivity contribution in [2.75, 3.05) is 6.61 Å². The monoisotopic (exact) mass is 376 g/mol. The molecule has 6 nitrogen and oxygen atoms in total. The first-order valence-corrected chi connectivity index (χ1v) is 9.65. The third-order valence-electron chi connectivity index (χ3n) is 5.19. The topological polar surface area (TPSA) is 69.9 Å². The molecule has 2 atom stereocenters. The highest BCUT2D eigenvalue weighted by Crippen LogP contribution is 2.47. The van der Waals surface area contributed by atoms with E-state index in [-0.39, 0.29) is 5.56 Å². The van der Waals surface area contributed by atoms with E-state index in [4.69, 9.17) is 4.74 Å². The number of nitrogens with zero attached hydrogens (tertiary/aromatic N) is 4. The summed E-state index contributed by atoms with van der Waals surface area (Å²) in [5.41, 5.74) is 3.78. The Kier molecular flexibility index (Phi) is 4.94. The van der Waals surface area contributed by atoms with E-state index >= 15 is 0 Å². The van der Waals surface area contributed by atoms with E-state index in [9.17, 15) is 4.79 Å². The van der Waals surface area contributed by atoms with E-state index in [2.05, 4.69) is 27.1 Å². The zero-order chi connectivity index (χ0) is 19.7. The van der Waals surface area contributed by atoms with Crippen LogP contribution in [-0.4, -0.2) is 26.1 Å². The van der Waals surface area contributed by atoms with Crippen molar-refractivity contribution in [3.63, 3.8) is 0 Å². The fraction of sp³-hybridized carbons (Fsp3) is 0.364. The minimum Gasteiger partial charge on any atom is -0.477 e. The average Bonchev–Trinajstić information content (AvgIpc) is 3.46. The van der Waals surface area contributed by atoms with Crippen LogP contribution in [0.2, 0.25) is 0 Å². The Balaban J connectivity index is 1.51. The first-order valence-electron chi connectivity index (χ1n) is 9.65. The molecule has 1 fully saturated rings. The van der Waals surface area contributed by atoms with E-state index < -0.39 is 0 Å². The standard InChI is InChI=1S/C22H24N4O2/c1-4-26-8-7-16(10-21(26)27)19-12-23-15(3)25-22(19)28-13-17-9-18(17)20-6-5-14(2)11-24-20/h5-8,10-12,17-18H,4,9,13H2,1-3H3/t17-,18+/m1/s1. The molecule has 0 aromatic carbocycles. The summed E-state index contributed by atoms with van der Waals surface area (Å²) in [7, 11) is 0. The van der Waals surface area contributed by atoms with E-state index in [1.54, 1.807) is 23.0 Å². The van der Waals surface area contributed by atoms with Crippen molar-refractivity contribution in [1.29, 1.82) is 0 Å². The number of ether oxygens (including phenoxy) is 1. The first kappa shape index (κ1) is 18.3. The molecule has 0 spiro atoms. The van der Waals surface area contributed by atoms with Gasteiger partial charge < -0.3 is 9.30 Å². The van der Waals surface area contributed by atoms with Gasteiger partial charge in [-0.1, -0.05) is 6.07 Å². The molecule has 6 heteroatoms. The van der Waals surface area contributed by atoms with Gasteiger partial charge >= 0.3 is 0 Å². The maximum Gasteiger partial charge on any atom is 0.251 e. The summed E-state index contributed by atoms with van der Waals surface area (Å²) in [5.74, 6) is 2.06. The largest absolute Gasteiger partial charge is 0.477 e. The fourth-order valence-electron chi connectivity index (χ4n) is 3.37. The Hall–Kier alpha value is -3.02. The highest BCUT2D eigenvalue weighted by molar-refractivity contribution is 5.67. The van der Waals surface area contributed by atoms with Crippen molar-refractivity contribution in [2.24, 2.45) is 5.92 Å². The van der Waals surface area contributed by atoms with Gasteiger partial charge in [-0.2, -0.15) is 4.98 Å². The number of rotatable bonds is 6. The third-order valence-corrected chi connectivity index (χ3v) is 5.19. The van der Waals surface area contributed by atoms with Crippen molar-refractivity contribution >= 4 is 0 Å². The van der Waals surface area contributed by atoms with Crippen LogP contribution in [0.5, 0.6) is 5.88 Å². The summed E-state index contributed by atoms with van der Waals surface area (Å²) < 4.78 is 7.74. The summed E-state index contributed by atoms with van der Waals surface area (Å²) in [5, 5.41) is 0. The molecule has 3 aromatic heterocycles. The van der Waals surface area contributed by atoms with Crippen LogP contribution in [0.4, 0.5) is 0 Å². The van der Waals surface area contributed by atoms with Gasteiger partial charge in [0.1, 0.15) is 5.82 Å². The lowest BCUT2D eigenvalue weighted by atomic mass is 10.1. The fourth-order valence-corrected chi connectivity index (χ4v) is 3.37. The average molecular weight is 376 g/mol. The van der Waals surface area contributed by atoms with E-state index in [1.165, 1.54) is 5.56 Å². The van der Waals surface area contributed by atoms with E-state index in [0.29, 0.717) is 36.7 Å². The molecule has 0 unspecified atom stereocenters. The molecule has 1 aliphatic rings. The number of aryl methyl sites for hydroxylation is 3. The Bertz CT molecular complexity index is 1040. The van der Waals surface area contributed by atoms with Crippen molar-refractivity contribution in [1.82, 2.24) is 19.5 Å². The van der Waals surface area contributed by atoms with Crippen LogP contribution in [0.3, 0.4) is 0 Å². The highest BCUT2D eigenvalue weighted by atomic mass is 16.5. The van der Waals surface area contributed by atoms with Crippen LogP contribution in [0.15, 0.2) is 47.7 Å². The molecule has 3 aromatic rings. The van der Waals surface area contributed by atoms with Gasteiger partial charge in [0.2, 0.25) is 5.88 Å². The van der Waals surface area contributed by atoms with Gasteiger partial charge in [0, 0.05) is 48.7 Å². The molecule has 0 amide bonds. The van der Waals surface area contributed by atoms with Gasteiger partial charge in [0.15, 0.2) is 0 Å². The number of hydrogen-bond donors (Lipinski definition) is 0. The van der Waals surface area contributed by atoms with Crippen LogP contribution in [0, 0.1) is 19.8 Å². The zero-order valence-corrected chi connectivity index (χ0v) is 16.4. The lowest BCUT2D eigenvalue weighted by Crippen LogP contribution is -2.17. The Morgan fingerprint density at radius 2 is 2.04 bits per heavy atom. The van der Waals surface area contributed by atoms with Crippen LogP contribution >= 0.6 is 0 Å². The van der Waals surface area contributed by atoms with Gasteiger partial charge in [-0.05, 0) is 50.5 Å². The van der Waals surface area contributed by atoms with Crippen LogP contribution in [-0.2, 0) is 6.54 Å². The molecular formula is C22H24N4O2. The maximum atomic E-state index is 12.2. The molecular weight excluding hydrogens is 352 g/mol. The molecule has 0 N–H and O–H groups in total. The van der Waals surface area contributed by atoms with Crippen LogP contribution in [0.1, 0.15) is 36.3 Å². The van der Waals surface area contributed by atoms with E-state index in [1.807, 2.05) is 33.0 Å². The molecule has 1 aliphatic carbocycles. The van der Waals surface area contributed by atoms with Gasteiger partial charge in [0.25, 0.3) is 5.56 Å². The lowest BCUT2D eigenvalue weighted by molar-refractivity contribution is 0.285. The number of aromatic nitrogens is 4. The molecule has 4 rings (SSSR count). The quantitative estimate of drug-likeness (QED) is 0.658. The van der Waals surface area contributed by atoms with Crippen LogP contribution < -0.4 is 10.3 Å². The van der Waals surface area contributed by atoms with Crippen molar-refractivity contribution in [2.45, 2.75) is 39.7 Å². The summed E-state index contributed by atoms with van der Waals surface area (Å²) in [4.78, 5) is 25.5. The van der Waals surface area contributed by atoms with Gasteiger partial charge in [-0.25, -0.2) is 4.98 Å². The highest BCUT2D eigenvalue weighted by Gasteiger charge is 2.40. The third kappa shape index (κ3) is 3.81. The molecule has 1 saturated carbocycles. The predicted molar refractivity (Wildman–Crippen MR) is 107 cm³/mol. The zero-order valence-electron chi connectivity index (χ0n) is 16.4. The SMILES string of the molecule is CCn1ccc(-c2cnc(C)nc2OC[C@H]2C[C@@H]2c2ccc(C)cn2)cc1=O. The first-order chi connectivity index (χ1) is 13.5. The molecule has 144 valence electrons. The minimum atomic E-state index is -0.0424. The van der Waals surface area contributed by atoms with Crippen molar-refractivity contribution < 1.29 is 4.74 Å². The number of pyridine rings is 2. The Morgan fingerprint density at radius 1 is 1.18 bits per heavy atom. The molecule has 0 radical (unpaired) electrons. The lowest BCUT2D eigenvalue weighted by Gasteiger charge is -2.11. The smallest absolute Gasteiger partial charge is 0.251 e. The summed E-state index contributed by atoms with van der Waals surface area (Å²) in [6.45, 7) is 7.04. The van der Waals surface area contributed by atoms with Crippen molar-refractivity contribution in [3.8, 4) is 17.0 Å². The maximum absolute atomic E-state index is 12.2. The predicted octanol–water partition coefficient (Wildman–Crippen LogP) is 3.52. The summed E-state index contributed by atoms with van der Waals surface area (Å²) >= 11 is 0. The van der Waals surface area contributed by atoms with Gasteiger partial charge in [-0.15, -0.1) is 0 Å².